The van der Waals surface area contributed by atoms with Gasteiger partial charge in [0.1, 0.15) is 12.4 Å². The van der Waals surface area contributed by atoms with Gasteiger partial charge >= 0.3 is 5.69 Å². The smallest absolute Gasteiger partial charge is 0.323 e. The molecule has 164 valence electrons. The molecule has 9 nitrogen and oxygen atoms in total. The monoisotopic (exact) mass is 470 g/mol. The molecule has 1 aliphatic carbocycles. The molecule has 0 radical (unpaired) electrons. The second-order valence-electron chi connectivity index (χ2n) is 7.40. The number of nitrogens with one attached hydrogen (secondary N) is 3. The number of H-pyrrole nitrogens is 2. The van der Waals surface area contributed by atoms with E-state index in [1.807, 2.05) is 16.7 Å². The summed E-state index contributed by atoms with van der Waals surface area (Å²) < 4.78 is 7.87. The van der Waals surface area contributed by atoms with Crippen molar-refractivity contribution in [3.05, 3.63) is 63.8 Å². The molecule has 2 heterocycles. The van der Waals surface area contributed by atoms with Crippen LogP contribution in [0.15, 0.2) is 52.4 Å². The van der Waals surface area contributed by atoms with Crippen molar-refractivity contribution in [2.45, 2.75) is 30.6 Å². The Balaban J connectivity index is 1.23. The van der Waals surface area contributed by atoms with Gasteiger partial charge in [-0.2, -0.15) is 0 Å². The predicted octanol–water partition coefficient (Wildman–Crippen LogP) is 3.75. The van der Waals surface area contributed by atoms with Gasteiger partial charge in [-0.25, -0.2) is 4.79 Å². The van der Waals surface area contributed by atoms with E-state index in [-0.39, 0.29) is 24.0 Å². The van der Waals surface area contributed by atoms with Crippen LogP contribution in [-0.2, 0) is 11.4 Å². The fraction of sp³-hybridized carbons (Fsp3) is 0.238. The minimum atomic E-state index is -0.284. The minimum Gasteiger partial charge on any atom is -0.484 e. The molecule has 0 spiro atoms. The Kier molecular flexibility index (Phi) is 5.62. The van der Waals surface area contributed by atoms with Gasteiger partial charge in [0.25, 0.3) is 0 Å². The Morgan fingerprint density at radius 3 is 2.81 bits per heavy atom. The number of amides is 1. The molecule has 1 amide bonds. The second kappa shape index (κ2) is 8.71. The summed E-state index contributed by atoms with van der Waals surface area (Å²) in [5, 5.41) is 12.6. The largest absolute Gasteiger partial charge is 0.484 e. The van der Waals surface area contributed by atoms with Crippen LogP contribution >= 0.6 is 23.4 Å². The molecule has 2 aromatic heterocycles. The van der Waals surface area contributed by atoms with E-state index in [0.717, 1.165) is 12.8 Å². The fourth-order valence-electron chi connectivity index (χ4n) is 3.35. The molecule has 32 heavy (non-hydrogen) atoms. The molecule has 3 N–H and O–H groups in total. The van der Waals surface area contributed by atoms with Gasteiger partial charge in [0.05, 0.1) is 21.8 Å². The minimum absolute atomic E-state index is 0.175. The number of aromatic amines is 2. The first-order chi connectivity index (χ1) is 15.6. The molecule has 1 saturated carbocycles. The van der Waals surface area contributed by atoms with Crippen molar-refractivity contribution < 1.29 is 9.53 Å². The van der Waals surface area contributed by atoms with Gasteiger partial charge < -0.3 is 20.0 Å². The molecule has 0 bridgehead atoms. The summed E-state index contributed by atoms with van der Waals surface area (Å²) in [5.74, 6) is 1.30. The van der Waals surface area contributed by atoms with Crippen LogP contribution in [-0.4, -0.2) is 36.4 Å². The highest BCUT2D eigenvalue weighted by molar-refractivity contribution is 7.99. The van der Waals surface area contributed by atoms with Crippen LogP contribution in [0.3, 0.4) is 0 Å². The molecular formula is C21H19ClN6O3S. The van der Waals surface area contributed by atoms with Crippen molar-refractivity contribution >= 4 is 46.0 Å². The Labute approximate surface area is 191 Å². The normalized spacial score (nSPS) is 13.4. The van der Waals surface area contributed by atoms with E-state index in [1.54, 1.807) is 30.3 Å². The number of imidazole rings is 1. The molecule has 11 heteroatoms. The molecule has 0 atom stereocenters. The average molecular weight is 471 g/mol. The lowest BCUT2D eigenvalue weighted by atomic mass is 10.3. The van der Waals surface area contributed by atoms with Crippen LogP contribution in [0, 0.1) is 0 Å². The summed E-state index contributed by atoms with van der Waals surface area (Å²) in [6, 6.07) is 12.8. The van der Waals surface area contributed by atoms with Gasteiger partial charge in [-0.15, -0.1) is 10.2 Å². The fourth-order valence-corrected chi connectivity index (χ4v) is 4.36. The number of rotatable bonds is 8. The van der Waals surface area contributed by atoms with Gasteiger partial charge in [0.2, 0.25) is 5.91 Å². The summed E-state index contributed by atoms with van der Waals surface area (Å²) in [6.07, 6.45) is 2.09. The van der Waals surface area contributed by atoms with Crippen LogP contribution < -0.4 is 15.7 Å². The van der Waals surface area contributed by atoms with E-state index >= 15 is 0 Å². The lowest BCUT2D eigenvalue weighted by Gasteiger charge is -2.11. The van der Waals surface area contributed by atoms with Crippen LogP contribution in [0.2, 0.25) is 5.02 Å². The number of hydrogen-bond acceptors (Lipinski definition) is 6. The third-order valence-corrected chi connectivity index (χ3v) is 6.23. The highest BCUT2D eigenvalue weighted by Crippen LogP contribution is 2.39. The third kappa shape index (κ3) is 4.51. The molecule has 0 saturated heterocycles. The molecule has 1 aliphatic rings. The van der Waals surface area contributed by atoms with Crippen LogP contribution in [0.1, 0.15) is 24.7 Å². The summed E-state index contributed by atoms with van der Waals surface area (Å²) in [5.41, 5.74) is 1.65. The highest BCUT2D eigenvalue weighted by Gasteiger charge is 2.30. The van der Waals surface area contributed by atoms with Gasteiger partial charge in [0, 0.05) is 11.7 Å². The first-order valence-corrected chi connectivity index (χ1v) is 11.4. The molecule has 5 rings (SSSR count). The standard InChI is InChI=1S/C21H19ClN6O3S/c22-14-3-1-2-4-17(14)31-10-18-26-27-21(28(18)13-6-7-13)32-11-19(29)23-12-5-8-15-16(9-12)25-20(30)24-15/h1-5,8-9,13H,6-7,10-11H2,(H,23,29)(H2,24,25,30). The maximum Gasteiger partial charge on any atom is 0.323 e. The number of aromatic nitrogens is 5. The number of ether oxygens (including phenoxy) is 1. The molecule has 0 unspecified atom stereocenters. The first kappa shape index (κ1) is 20.7. The first-order valence-electron chi connectivity index (χ1n) is 10.0. The Morgan fingerprint density at radius 2 is 2.00 bits per heavy atom. The zero-order chi connectivity index (χ0) is 22.1. The van der Waals surface area contributed by atoms with Crippen molar-refractivity contribution in [1.29, 1.82) is 0 Å². The molecular weight excluding hydrogens is 452 g/mol. The summed E-state index contributed by atoms with van der Waals surface area (Å²) in [6.45, 7) is 0.245. The Hall–Kier alpha value is -3.24. The van der Waals surface area contributed by atoms with E-state index < -0.39 is 0 Å². The van der Waals surface area contributed by atoms with Crippen molar-refractivity contribution in [3.8, 4) is 5.75 Å². The van der Waals surface area contributed by atoms with Crippen LogP contribution in [0.25, 0.3) is 11.0 Å². The van der Waals surface area contributed by atoms with E-state index in [2.05, 4.69) is 25.5 Å². The van der Waals surface area contributed by atoms with E-state index in [1.165, 1.54) is 11.8 Å². The summed E-state index contributed by atoms with van der Waals surface area (Å²) in [7, 11) is 0. The number of benzene rings is 2. The maximum atomic E-state index is 12.5. The lowest BCUT2D eigenvalue weighted by Crippen LogP contribution is -2.15. The number of para-hydroxylation sites is 1. The zero-order valence-corrected chi connectivity index (χ0v) is 18.4. The summed E-state index contributed by atoms with van der Waals surface area (Å²) >= 11 is 7.49. The molecule has 2 aromatic carbocycles. The van der Waals surface area contributed by atoms with Crippen molar-refractivity contribution in [2.75, 3.05) is 11.1 Å². The SMILES string of the molecule is O=C(CSc1nnc(COc2ccccc2Cl)n1C1CC1)Nc1ccc2[nH]c(=O)[nH]c2c1. The molecule has 1 fully saturated rings. The topological polar surface area (TPSA) is 118 Å². The predicted molar refractivity (Wildman–Crippen MR) is 122 cm³/mol. The number of hydrogen-bond donors (Lipinski definition) is 3. The van der Waals surface area contributed by atoms with E-state index in [0.29, 0.717) is 44.5 Å². The van der Waals surface area contributed by atoms with Crippen LogP contribution in [0.5, 0.6) is 5.75 Å². The maximum absolute atomic E-state index is 12.5. The molecule has 0 aliphatic heterocycles. The number of fused-ring (bicyclic) bond motifs is 1. The highest BCUT2D eigenvalue weighted by atomic mass is 35.5. The number of nitrogens with zero attached hydrogens (tertiary/aromatic N) is 3. The van der Waals surface area contributed by atoms with Crippen LogP contribution in [0.4, 0.5) is 5.69 Å². The van der Waals surface area contributed by atoms with Crippen molar-refractivity contribution in [1.82, 2.24) is 24.7 Å². The lowest BCUT2D eigenvalue weighted by molar-refractivity contribution is -0.113. The zero-order valence-electron chi connectivity index (χ0n) is 16.8. The average Bonchev–Trinajstić information content (AvgIpc) is 3.42. The quantitative estimate of drug-likeness (QED) is 0.337. The van der Waals surface area contributed by atoms with Gasteiger partial charge in [-0.1, -0.05) is 35.5 Å². The third-order valence-electron chi connectivity index (χ3n) is 4.97. The van der Waals surface area contributed by atoms with Gasteiger partial charge in [-0.05, 0) is 43.2 Å². The Morgan fingerprint density at radius 1 is 1.19 bits per heavy atom. The van der Waals surface area contributed by atoms with Crippen molar-refractivity contribution in [2.24, 2.45) is 0 Å². The summed E-state index contributed by atoms with van der Waals surface area (Å²) in [4.78, 5) is 29.2. The van der Waals surface area contributed by atoms with E-state index in [9.17, 15) is 9.59 Å². The van der Waals surface area contributed by atoms with E-state index in [4.69, 9.17) is 16.3 Å². The number of carbonyl (C=O) groups is 1. The number of thioether (sulfide) groups is 1. The van der Waals surface area contributed by atoms with Gasteiger partial charge in [-0.3, -0.25) is 9.36 Å². The van der Waals surface area contributed by atoms with Crippen molar-refractivity contribution in [3.63, 3.8) is 0 Å². The molecule has 4 aromatic rings. The Bertz CT molecular complexity index is 1340. The van der Waals surface area contributed by atoms with Gasteiger partial charge in [0.15, 0.2) is 11.0 Å². The second-order valence-corrected chi connectivity index (χ2v) is 8.75. The number of anilines is 1. The number of carbonyl (C=O) groups excluding carboxylic acids is 1. The number of halogens is 1.